The molecule has 1 saturated carbocycles. The van der Waals surface area contributed by atoms with Crippen LogP contribution in [0.5, 0.6) is 5.75 Å². The monoisotopic (exact) mass is 574 g/mol. The second kappa shape index (κ2) is 11.1. The zero-order chi connectivity index (χ0) is 27.7. The van der Waals surface area contributed by atoms with Crippen molar-refractivity contribution < 1.29 is 14.6 Å². The predicted molar refractivity (Wildman–Crippen MR) is 163 cm³/mol. The van der Waals surface area contributed by atoms with Gasteiger partial charge in [-0.3, -0.25) is 4.98 Å². The maximum Gasteiger partial charge on any atom is 0.329 e. The number of rotatable bonds is 9. The van der Waals surface area contributed by atoms with Crippen molar-refractivity contribution in [3.63, 3.8) is 0 Å². The van der Waals surface area contributed by atoms with Crippen LogP contribution in [0, 0.1) is 11.8 Å². The quantitative estimate of drug-likeness (QED) is 0.210. The SMILES string of the molecule is CC[C@H](COc1ccnc2ccsc12)CC1Cc2ccccc2C12CCC(Nc1cccc(Cl)c1)(C(=O)O)CC2. The smallest absolute Gasteiger partial charge is 0.329 e. The molecule has 1 unspecified atom stereocenters. The van der Waals surface area contributed by atoms with E-state index in [4.69, 9.17) is 16.3 Å². The lowest BCUT2D eigenvalue weighted by molar-refractivity contribution is -0.144. The van der Waals surface area contributed by atoms with Crippen molar-refractivity contribution in [3.8, 4) is 5.75 Å². The van der Waals surface area contributed by atoms with E-state index in [0.29, 0.717) is 36.3 Å². The van der Waals surface area contributed by atoms with Gasteiger partial charge in [-0.05, 0) is 103 Å². The van der Waals surface area contributed by atoms with Crippen LogP contribution < -0.4 is 10.1 Å². The van der Waals surface area contributed by atoms with E-state index in [1.165, 1.54) is 11.1 Å². The van der Waals surface area contributed by atoms with Crippen LogP contribution in [0.3, 0.4) is 0 Å². The molecule has 2 heterocycles. The van der Waals surface area contributed by atoms with Gasteiger partial charge in [0.05, 0.1) is 16.8 Å². The normalized spacial score (nSPS) is 24.6. The lowest BCUT2D eigenvalue weighted by atomic mass is 9.59. The van der Waals surface area contributed by atoms with Crippen LogP contribution in [0.25, 0.3) is 10.2 Å². The zero-order valence-electron chi connectivity index (χ0n) is 22.7. The van der Waals surface area contributed by atoms with Crippen LogP contribution >= 0.6 is 22.9 Å². The number of anilines is 1. The molecule has 4 aromatic rings. The molecule has 1 spiro atoms. The average Bonchev–Trinajstić information content (AvgIpc) is 3.56. The molecule has 0 bridgehead atoms. The Balaban J connectivity index is 1.22. The number of hydrogen-bond donors (Lipinski definition) is 2. The van der Waals surface area contributed by atoms with Gasteiger partial charge in [-0.25, -0.2) is 4.79 Å². The van der Waals surface area contributed by atoms with E-state index in [-0.39, 0.29) is 5.41 Å². The van der Waals surface area contributed by atoms with E-state index in [1.807, 2.05) is 42.6 Å². The minimum atomic E-state index is -1.00. The lowest BCUT2D eigenvalue weighted by Crippen LogP contribution is -2.53. The van der Waals surface area contributed by atoms with E-state index in [2.05, 4.69) is 46.9 Å². The molecule has 2 atom stereocenters. The highest BCUT2D eigenvalue weighted by Crippen LogP contribution is 2.56. The Morgan fingerprint density at radius 1 is 1.15 bits per heavy atom. The summed E-state index contributed by atoms with van der Waals surface area (Å²) in [7, 11) is 0. The second-order valence-electron chi connectivity index (χ2n) is 11.5. The van der Waals surface area contributed by atoms with E-state index in [0.717, 1.165) is 53.8 Å². The molecule has 7 heteroatoms. The number of aliphatic carboxylic acids is 1. The Labute approximate surface area is 244 Å². The minimum Gasteiger partial charge on any atom is -0.492 e. The van der Waals surface area contributed by atoms with Gasteiger partial charge in [-0.1, -0.05) is 55.3 Å². The van der Waals surface area contributed by atoms with Crippen LogP contribution in [0.15, 0.2) is 72.2 Å². The number of thiophene rings is 1. The summed E-state index contributed by atoms with van der Waals surface area (Å²) in [5.41, 5.74) is 3.56. The second-order valence-corrected chi connectivity index (χ2v) is 12.9. The summed E-state index contributed by atoms with van der Waals surface area (Å²) < 4.78 is 7.51. The topological polar surface area (TPSA) is 71.5 Å². The maximum absolute atomic E-state index is 12.7. The van der Waals surface area contributed by atoms with Crippen molar-refractivity contribution in [2.75, 3.05) is 11.9 Å². The first-order valence-corrected chi connectivity index (χ1v) is 15.5. The van der Waals surface area contributed by atoms with E-state index >= 15 is 0 Å². The number of hydrogen-bond acceptors (Lipinski definition) is 5. The first-order chi connectivity index (χ1) is 19.4. The molecule has 2 aromatic heterocycles. The third kappa shape index (κ3) is 4.97. The summed E-state index contributed by atoms with van der Waals surface area (Å²) >= 11 is 7.88. The molecule has 40 heavy (non-hydrogen) atoms. The van der Waals surface area contributed by atoms with Crippen molar-refractivity contribution in [2.45, 2.75) is 62.8 Å². The predicted octanol–water partition coefficient (Wildman–Crippen LogP) is 8.36. The number of ether oxygens (including phenoxy) is 1. The molecular formula is C33H35ClN2O3S. The fourth-order valence-corrected chi connectivity index (χ4v) is 8.14. The Morgan fingerprint density at radius 2 is 1.98 bits per heavy atom. The summed E-state index contributed by atoms with van der Waals surface area (Å²) in [4.78, 5) is 17.1. The molecule has 0 radical (unpaired) electrons. The molecule has 2 aromatic carbocycles. The highest BCUT2D eigenvalue weighted by molar-refractivity contribution is 7.17. The van der Waals surface area contributed by atoms with Gasteiger partial charge in [-0.2, -0.15) is 0 Å². The molecule has 0 aliphatic heterocycles. The molecular weight excluding hydrogens is 540 g/mol. The molecule has 2 aliphatic carbocycles. The number of benzene rings is 2. The van der Waals surface area contributed by atoms with Crippen LogP contribution in [0.4, 0.5) is 5.69 Å². The third-order valence-corrected chi connectivity index (χ3v) is 10.5. The molecule has 208 valence electrons. The summed E-state index contributed by atoms with van der Waals surface area (Å²) in [5, 5.41) is 16.4. The van der Waals surface area contributed by atoms with E-state index in [9.17, 15) is 9.90 Å². The van der Waals surface area contributed by atoms with Gasteiger partial charge in [0.15, 0.2) is 0 Å². The van der Waals surface area contributed by atoms with Gasteiger partial charge in [0.1, 0.15) is 11.3 Å². The number of nitrogens with one attached hydrogen (secondary N) is 1. The fraction of sp³-hybridized carbons (Fsp3) is 0.394. The molecule has 6 rings (SSSR count). The number of carboxylic acid groups (broad SMARTS) is 1. The van der Waals surface area contributed by atoms with Gasteiger partial charge in [0, 0.05) is 16.9 Å². The van der Waals surface area contributed by atoms with Crippen molar-refractivity contribution >= 4 is 44.8 Å². The Kier molecular flexibility index (Phi) is 7.49. The summed E-state index contributed by atoms with van der Waals surface area (Å²) in [6.45, 7) is 2.92. The van der Waals surface area contributed by atoms with Crippen LogP contribution in [0.1, 0.15) is 56.6 Å². The molecule has 2 N–H and O–H groups in total. The molecule has 0 amide bonds. The first kappa shape index (κ1) is 27.1. The molecule has 0 saturated heterocycles. The summed E-state index contributed by atoms with van der Waals surface area (Å²) in [5.74, 6) is 0.992. The van der Waals surface area contributed by atoms with Gasteiger partial charge >= 0.3 is 5.97 Å². The Morgan fingerprint density at radius 3 is 2.75 bits per heavy atom. The summed E-state index contributed by atoms with van der Waals surface area (Å²) in [6.07, 6.45) is 7.78. The minimum absolute atomic E-state index is 0.0172. The van der Waals surface area contributed by atoms with Gasteiger partial charge < -0.3 is 15.2 Å². The van der Waals surface area contributed by atoms with Crippen LogP contribution in [0.2, 0.25) is 5.02 Å². The summed E-state index contributed by atoms with van der Waals surface area (Å²) in [6, 6.07) is 20.2. The number of pyridine rings is 1. The van der Waals surface area contributed by atoms with Crippen LogP contribution in [-0.4, -0.2) is 28.2 Å². The van der Waals surface area contributed by atoms with Gasteiger partial charge in [0.2, 0.25) is 0 Å². The van der Waals surface area contributed by atoms with Crippen molar-refractivity contribution in [2.24, 2.45) is 11.8 Å². The lowest BCUT2D eigenvalue weighted by Gasteiger charge is -2.47. The number of fused-ring (bicyclic) bond motifs is 3. The number of aromatic nitrogens is 1. The largest absolute Gasteiger partial charge is 0.492 e. The standard InChI is InChI=1S/C33H35ClN2O3S/c1-2-22(21-39-29-10-16-35-28-11-17-40-30(28)29)18-24-19-23-6-3-4-9-27(23)32(24)12-14-33(15-13-32,31(37)38)36-26-8-5-7-25(34)20-26/h3-11,16-17,20,22,24,36H,2,12-15,18-19,21H2,1H3,(H,37,38)/t22-,24?,32?,33?/m0/s1. The Bertz CT molecular complexity index is 1510. The third-order valence-electron chi connectivity index (χ3n) is 9.39. The molecule has 1 fully saturated rings. The number of halogens is 1. The molecule has 2 aliphatic rings. The van der Waals surface area contributed by atoms with Crippen molar-refractivity contribution in [1.82, 2.24) is 4.98 Å². The fourth-order valence-electron chi connectivity index (χ4n) is 7.13. The van der Waals surface area contributed by atoms with Gasteiger partial charge in [-0.15, -0.1) is 11.3 Å². The first-order valence-electron chi connectivity index (χ1n) is 14.2. The van der Waals surface area contributed by atoms with E-state index in [1.54, 1.807) is 11.3 Å². The van der Waals surface area contributed by atoms with Crippen molar-refractivity contribution in [3.05, 3.63) is 88.4 Å². The Hall–Kier alpha value is -3.09. The van der Waals surface area contributed by atoms with Crippen molar-refractivity contribution in [1.29, 1.82) is 0 Å². The number of carbonyl (C=O) groups is 1. The average molecular weight is 575 g/mol. The van der Waals surface area contributed by atoms with Crippen LogP contribution in [-0.2, 0) is 16.6 Å². The number of carboxylic acids is 1. The molecule has 5 nitrogen and oxygen atoms in total. The zero-order valence-corrected chi connectivity index (χ0v) is 24.3. The van der Waals surface area contributed by atoms with E-state index < -0.39 is 11.5 Å². The maximum atomic E-state index is 12.7. The highest BCUT2D eigenvalue weighted by Gasteiger charge is 2.54. The number of nitrogens with zero attached hydrogens (tertiary/aromatic N) is 1. The van der Waals surface area contributed by atoms with Gasteiger partial charge in [0.25, 0.3) is 0 Å². The highest BCUT2D eigenvalue weighted by atomic mass is 35.5.